The Bertz CT molecular complexity index is 374. The third-order valence-corrected chi connectivity index (χ3v) is 2.66. The van der Waals surface area contributed by atoms with Gasteiger partial charge in [-0.05, 0) is 23.8 Å². The molecule has 0 unspecified atom stereocenters. The lowest BCUT2D eigenvalue weighted by Crippen LogP contribution is -2.22. The highest BCUT2D eigenvalue weighted by Gasteiger charge is 2.22. The molecule has 0 radical (unpaired) electrons. The molecule has 1 aromatic heterocycles. The van der Waals surface area contributed by atoms with Gasteiger partial charge >= 0.3 is 6.09 Å². The molecule has 3 nitrogen and oxygen atoms in total. The highest BCUT2D eigenvalue weighted by atomic mass is 32.1. The van der Waals surface area contributed by atoms with E-state index in [-0.39, 0.29) is 5.41 Å². The molecule has 0 fully saturated rings. The molecule has 1 amide bonds. The molecule has 0 atom stereocenters. The first kappa shape index (κ1) is 12.9. The van der Waals surface area contributed by atoms with Gasteiger partial charge < -0.3 is 4.74 Å². The normalized spacial score (nSPS) is 12.6. The zero-order chi connectivity index (χ0) is 12.2. The van der Waals surface area contributed by atoms with Crippen LogP contribution < -0.4 is 0 Å². The maximum absolute atomic E-state index is 11.4. The SMILES string of the molecule is CCOC(=O)/N=C(\c1ccsc1)C(C)(C)C. The molecule has 0 spiro atoms. The predicted octanol–water partition coefficient (Wildman–Crippen LogP) is 3.74. The van der Waals surface area contributed by atoms with E-state index in [0.717, 1.165) is 11.3 Å². The van der Waals surface area contributed by atoms with Crippen LogP contribution in [0.5, 0.6) is 0 Å². The maximum atomic E-state index is 11.4. The molecular formula is C12H17NO2S. The predicted molar refractivity (Wildman–Crippen MR) is 67.3 cm³/mol. The number of ether oxygens (including phenoxy) is 1. The second kappa shape index (κ2) is 5.25. The maximum Gasteiger partial charge on any atom is 0.433 e. The van der Waals surface area contributed by atoms with Crippen molar-refractivity contribution in [2.24, 2.45) is 10.4 Å². The van der Waals surface area contributed by atoms with E-state index < -0.39 is 6.09 Å². The fourth-order valence-corrected chi connectivity index (χ4v) is 1.95. The number of carbonyl (C=O) groups excluding carboxylic acids is 1. The third-order valence-electron chi connectivity index (χ3n) is 1.98. The fraction of sp³-hybridized carbons (Fsp3) is 0.500. The summed E-state index contributed by atoms with van der Waals surface area (Å²) in [7, 11) is 0. The number of nitrogens with zero attached hydrogens (tertiary/aromatic N) is 1. The Labute approximate surface area is 100 Å². The molecule has 1 aromatic rings. The number of rotatable bonds is 2. The third kappa shape index (κ3) is 3.45. The summed E-state index contributed by atoms with van der Waals surface area (Å²) in [6, 6.07) is 1.97. The van der Waals surface area contributed by atoms with Crippen molar-refractivity contribution < 1.29 is 9.53 Å². The van der Waals surface area contributed by atoms with E-state index >= 15 is 0 Å². The summed E-state index contributed by atoms with van der Waals surface area (Å²) in [6.07, 6.45) is -0.515. The molecule has 0 aliphatic rings. The van der Waals surface area contributed by atoms with Gasteiger partial charge in [0.1, 0.15) is 0 Å². The second-order valence-corrected chi connectivity index (χ2v) is 5.20. The van der Waals surface area contributed by atoms with E-state index in [9.17, 15) is 4.79 Å². The molecule has 4 heteroatoms. The summed E-state index contributed by atoms with van der Waals surface area (Å²) >= 11 is 1.59. The summed E-state index contributed by atoms with van der Waals surface area (Å²) in [5.74, 6) is 0. The first-order chi connectivity index (χ1) is 7.45. The summed E-state index contributed by atoms with van der Waals surface area (Å²) < 4.78 is 4.84. The molecule has 0 aromatic carbocycles. The van der Waals surface area contributed by atoms with Gasteiger partial charge in [0.05, 0.1) is 12.3 Å². The Kier molecular flexibility index (Phi) is 4.24. The molecule has 88 valence electrons. The molecule has 0 saturated heterocycles. The number of amides is 1. The highest BCUT2D eigenvalue weighted by Crippen LogP contribution is 2.23. The molecule has 0 aliphatic heterocycles. The Morgan fingerprint density at radius 1 is 1.50 bits per heavy atom. The quantitative estimate of drug-likeness (QED) is 0.737. The zero-order valence-corrected chi connectivity index (χ0v) is 10.9. The lowest BCUT2D eigenvalue weighted by molar-refractivity contribution is 0.163. The summed E-state index contributed by atoms with van der Waals surface area (Å²) in [4.78, 5) is 15.4. The number of aliphatic imine (C=N–C) groups is 1. The molecular weight excluding hydrogens is 222 g/mol. The average Bonchev–Trinajstić information content (AvgIpc) is 2.65. The van der Waals surface area contributed by atoms with Crippen LogP contribution in [0.2, 0.25) is 0 Å². The minimum absolute atomic E-state index is 0.173. The Hall–Kier alpha value is -1.16. The van der Waals surface area contributed by atoms with E-state index in [1.54, 1.807) is 18.3 Å². The summed E-state index contributed by atoms with van der Waals surface area (Å²) in [5.41, 5.74) is 1.59. The topological polar surface area (TPSA) is 38.7 Å². The van der Waals surface area contributed by atoms with Gasteiger partial charge in [0.15, 0.2) is 0 Å². The van der Waals surface area contributed by atoms with Crippen LogP contribution >= 0.6 is 11.3 Å². The number of carbonyl (C=O) groups is 1. The van der Waals surface area contributed by atoms with E-state index in [0.29, 0.717) is 6.61 Å². The molecule has 0 bridgehead atoms. The van der Waals surface area contributed by atoms with Crippen molar-refractivity contribution in [1.82, 2.24) is 0 Å². The van der Waals surface area contributed by atoms with Crippen LogP contribution in [0.15, 0.2) is 21.8 Å². The molecule has 1 rings (SSSR count). The van der Waals surface area contributed by atoms with Crippen LogP contribution in [-0.2, 0) is 4.74 Å². The number of hydrogen-bond acceptors (Lipinski definition) is 3. The second-order valence-electron chi connectivity index (χ2n) is 4.42. The Morgan fingerprint density at radius 2 is 2.19 bits per heavy atom. The van der Waals surface area contributed by atoms with Crippen LogP contribution in [0, 0.1) is 5.41 Å². The van der Waals surface area contributed by atoms with Crippen molar-refractivity contribution in [3.05, 3.63) is 22.4 Å². The van der Waals surface area contributed by atoms with E-state index in [2.05, 4.69) is 4.99 Å². The smallest absolute Gasteiger partial charge is 0.433 e. The van der Waals surface area contributed by atoms with Gasteiger partial charge in [-0.3, -0.25) is 0 Å². The highest BCUT2D eigenvalue weighted by molar-refractivity contribution is 7.08. The minimum atomic E-state index is -0.515. The zero-order valence-electron chi connectivity index (χ0n) is 10.1. The van der Waals surface area contributed by atoms with Gasteiger partial charge in [0.25, 0.3) is 0 Å². The number of hydrogen-bond donors (Lipinski definition) is 0. The monoisotopic (exact) mass is 239 g/mol. The molecule has 0 saturated carbocycles. The summed E-state index contributed by atoms with van der Waals surface area (Å²) in [5, 5.41) is 3.96. The Balaban J connectivity index is 3.02. The van der Waals surface area contributed by atoms with Crippen LogP contribution in [0.1, 0.15) is 33.3 Å². The minimum Gasteiger partial charge on any atom is -0.448 e. The largest absolute Gasteiger partial charge is 0.448 e. The Morgan fingerprint density at radius 3 is 2.62 bits per heavy atom. The van der Waals surface area contributed by atoms with Crippen molar-refractivity contribution in [2.75, 3.05) is 6.61 Å². The molecule has 0 aliphatic carbocycles. The van der Waals surface area contributed by atoms with Crippen LogP contribution in [-0.4, -0.2) is 18.4 Å². The van der Waals surface area contributed by atoms with Crippen molar-refractivity contribution >= 4 is 23.1 Å². The number of thiophene rings is 1. The van der Waals surface area contributed by atoms with Crippen molar-refractivity contribution in [2.45, 2.75) is 27.7 Å². The fourth-order valence-electron chi connectivity index (χ4n) is 1.31. The van der Waals surface area contributed by atoms with Crippen LogP contribution in [0.25, 0.3) is 0 Å². The standard InChI is InChI=1S/C12H17NO2S/c1-5-15-11(14)13-10(12(2,3)4)9-6-7-16-8-9/h6-8H,5H2,1-4H3/b13-10+. The van der Waals surface area contributed by atoms with Gasteiger partial charge in [-0.15, -0.1) is 0 Å². The molecule has 16 heavy (non-hydrogen) atoms. The lowest BCUT2D eigenvalue weighted by atomic mass is 9.86. The van der Waals surface area contributed by atoms with Crippen LogP contribution in [0.3, 0.4) is 0 Å². The first-order valence-electron chi connectivity index (χ1n) is 5.23. The van der Waals surface area contributed by atoms with Gasteiger partial charge in [0.2, 0.25) is 0 Å². The summed E-state index contributed by atoms with van der Waals surface area (Å²) in [6.45, 7) is 8.21. The lowest BCUT2D eigenvalue weighted by Gasteiger charge is -2.20. The first-order valence-corrected chi connectivity index (χ1v) is 6.18. The van der Waals surface area contributed by atoms with Crippen molar-refractivity contribution in [1.29, 1.82) is 0 Å². The van der Waals surface area contributed by atoms with Gasteiger partial charge in [-0.1, -0.05) is 20.8 Å². The van der Waals surface area contributed by atoms with E-state index in [4.69, 9.17) is 4.74 Å². The van der Waals surface area contributed by atoms with Crippen molar-refractivity contribution in [3.8, 4) is 0 Å². The molecule has 1 heterocycles. The van der Waals surface area contributed by atoms with Gasteiger partial charge in [0, 0.05) is 11.0 Å². The van der Waals surface area contributed by atoms with Crippen LogP contribution in [0.4, 0.5) is 4.79 Å². The van der Waals surface area contributed by atoms with Gasteiger partial charge in [-0.2, -0.15) is 16.3 Å². The average molecular weight is 239 g/mol. The van der Waals surface area contributed by atoms with Gasteiger partial charge in [-0.25, -0.2) is 4.79 Å². The van der Waals surface area contributed by atoms with E-state index in [1.165, 1.54) is 0 Å². The molecule has 0 N–H and O–H groups in total. The van der Waals surface area contributed by atoms with E-state index in [1.807, 2.05) is 37.6 Å². The van der Waals surface area contributed by atoms with Crippen molar-refractivity contribution in [3.63, 3.8) is 0 Å².